The standard InChI is InChI=1S/C32H33FO9S/c1-17-3-4-20(11-21(17)12-23-9-10-28(43-23)19-5-7-22(33)8-6-19)32-26(15-31(39)40)24(13-29(35)36)25(14-30(37)38)27(42-32)16-41-18(2)34/h3-11,24-27,32H,12-16H2,1-2H3,(H,35,36)(H,37,38)(H,39,40)/p-3/t24-,25+,26-,27-,32+/m0/s1. The predicted molar refractivity (Wildman–Crippen MR) is 147 cm³/mol. The molecule has 4 rings (SSSR count). The molecule has 0 aliphatic carbocycles. The minimum absolute atomic E-state index is 0.321. The Kier molecular flexibility index (Phi) is 10.3. The Morgan fingerprint density at radius 2 is 1.49 bits per heavy atom. The van der Waals surface area contributed by atoms with Crippen LogP contribution in [0.25, 0.3) is 10.4 Å². The van der Waals surface area contributed by atoms with Crippen LogP contribution in [-0.2, 0) is 35.1 Å². The van der Waals surface area contributed by atoms with E-state index < -0.39 is 73.1 Å². The summed E-state index contributed by atoms with van der Waals surface area (Å²) in [4.78, 5) is 48.9. The fourth-order valence-electron chi connectivity index (χ4n) is 5.81. The molecular formula is C32H30FO9S-3. The second-order valence-corrected chi connectivity index (χ2v) is 11.9. The van der Waals surface area contributed by atoms with E-state index in [4.69, 9.17) is 9.47 Å². The Bertz CT molecular complexity index is 1480. The lowest BCUT2D eigenvalue weighted by atomic mass is 9.68. The molecule has 0 amide bonds. The molecule has 0 saturated carbocycles. The number of carboxylic acid groups (broad SMARTS) is 3. The van der Waals surface area contributed by atoms with Crippen molar-refractivity contribution in [3.8, 4) is 10.4 Å². The molecule has 1 fully saturated rings. The molecule has 0 bridgehead atoms. The lowest BCUT2D eigenvalue weighted by molar-refractivity contribution is -0.318. The number of ether oxygens (including phenoxy) is 2. The van der Waals surface area contributed by atoms with Crippen molar-refractivity contribution in [2.24, 2.45) is 17.8 Å². The summed E-state index contributed by atoms with van der Waals surface area (Å²) < 4.78 is 24.8. The Hall–Kier alpha value is -4.09. The van der Waals surface area contributed by atoms with Gasteiger partial charge in [0.25, 0.3) is 0 Å². The second-order valence-electron chi connectivity index (χ2n) is 10.8. The molecular weight excluding hydrogens is 579 g/mol. The van der Waals surface area contributed by atoms with E-state index in [1.807, 2.05) is 31.2 Å². The highest BCUT2D eigenvalue weighted by molar-refractivity contribution is 7.15. The Labute approximate surface area is 251 Å². The van der Waals surface area contributed by atoms with Crippen LogP contribution in [0.5, 0.6) is 0 Å². The number of rotatable bonds is 12. The van der Waals surface area contributed by atoms with Gasteiger partial charge in [0.05, 0.1) is 12.2 Å². The van der Waals surface area contributed by atoms with Gasteiger partial charge in [0, 0.05) is 41.0 Å². The average molecular weight is 610 g/mol. The van der Waals surface area contributed by atoms with Gasteiger partial charge in [0.1, 0.15) is 12.4 Å². The quantitative estimate of drug-likeness (QED) is 0.279. The zero-order chi connectivity index (χ0) is 31.3. The summed E-state index contributed by atoms with van der Waals surface area (Å²) in [7, 11) is 0. The monoisotopic (exact) mass is 609 g/mol. The Morgan fingerprint density at radius 1 is 0.860 bits per heavy atom. The molecule has 1 aliphatic rings. The fraction of sp³-hybridized carbons (Fsp3) is 0.375. The van der Waals surface area contributed by atoms with Crippen molar-refractivity contribution < 1.29 is 48.4 Å². The van der Waals surface area contributed by atoms with Crippen molar-refractivity contribution in [2.75, 3.05) is 6.61 Å². The first-order valence-corrected chi connectivity index (χ1v) is 14.5. The summed E-state index contributed by atoms with van der Waals surface area (Å²) in [6.07, 6.45) is -3.36. The number of aryl methyl sites for hydroxylation is 1. The van der Waals surface area contributed by atoms with E-state index in [1.165, 1.54) is 19.1 Å². The normalized spacial score (nSPS) is 21.7. The smallest absolute Gasteiger partial charge is 0.302 e. The molecule has 0 N–H and O–H groups in total. The SMILES string of the molecule is CC(=O)OC[C@@H]1O[C@H](c2ccc(C)c(Cc3ccc(-c4ccc(F)cc4)s3)c2)[C@@H](CC(=O)[O-])[C@@H](CC(=O)[O-])[C@H]1CC(=O)[O-]. The van der Waals surface area contributed by atoms with Crippen LogP contribution in [0.2, 0.25) is 0 Å². The maximum atomic E-state index is 13.4. The minimum atomic E-state index is -1.48. The number of esters is 1. The van der Waals surface area contributed by atoms with Crippen LogP contribution in [0.1, 0.15) is 53.9 Å². The van der Waals surface area contributed by atoms with Gasteiger partial charge in [-0.25, -0.2) is 4.39 Å². The molecule has 0 radical (unpaired) electrons. The summed E-state index contributed by atoms with van der Waals surface area (Å²) in [5, 5.41) is 35.3. The number of halogens is 1. The van der Waals surface area contributed by atoms with Crippen molar-refractivity contribution in [1.29, 1.82) is 0 Å². The molecule has 5 atom stereocenters. The molecule has 228 valence electrons. The third-order valence-electron chi connectivity index (χ3n) is 7.80. The van der Waals surface area contributed by atoms with E-state index in [1.54, 1.807) is 29.5 Å². The van der Waals surface area contributed by atoms with Gasteiger partial charge >= 0.3 is 5.97 Å². The van der Waals surface area contributed by atoms with Crippen LogP contribution in [0.3, 0.4) is 0 Å². The van der Waals surface area contributed by atoms with Gasteiger partial charge in [0.15, 0.2) is 0 Å². The molecule has 1 aromatic heterocycles. The number of benzene rings is 2. The number of thiophene rings is 1. The molecule has 43 heavy (non-hydrogen) atoms. The van der Waals surface area contributed by atoms with Crippen molar-refractivity contribution in [3.63, 3.8) is 0 Å². The van der Waals surface area contributed by atoms with Crippen LogP contribution in [0.15, 0.2) is 54.6 Å². The molecule has 2 heterocycles. The van der Waals surface area contributed by atoms with E-state index in [0.29, 0.717) is 12.0 Å². The van der Waals surface area contributed by atoms with Gasteiger partial charge in [0.2, 0.25) is 0 Å². The number of hydrogen-bond acceptors (Lipinski definition) is 10. The highest BCUT2D eigenvalue weighted by atomic mass is 32.1. The highest BCUT2D eigenvalue weighted by Crippen LogP contribution is 2.48. The Morgan fingerprint density at radius 3 is 2.12 bits per heavy atom. The lowest BCUT2D eigenvalue weighted by Crippen LogP contribution is -2.50. The molecule has 11 heteroatoms. The third-order valence-corrected chi connectivity index (χ3v) is 8.94. The van der Waals surface area contributed by atoms with E-state index in [-0.39, 0.29) is 12.4 Å². The first-order valence-electron chi connectivity index (χ1n) is 13.7. The summed E-state index contributed by atoms with van der Waals surface area (Å²) >= 11 is 1.55. The van der Waals surface area contributed by atoms with E-state index in [9.17, 15) is 38.9 Å². The fourth-order valence-corrected chi connectivity index (χ4v) is 6.84. The molecule has 2 aromatic carbocycles. The summed E-state index contributed by atoms with van der Waals surface area (Å²) in [6, 6.07) is 15.6. The molecule has 0 spiro atoms. The first-order chi connectivity index (χ1) is 20.4. The van der Waals surface area contributed by atoms with Crippen LogP contribution in [0.4, 0.5) is 4.39 Å². The molecule has 1 aliphatic heterocycles. The van der Waals surface area contributed by atoms with Gasteiger partial charge in [-0.1, -0.05) is 30.3 Å². The van der Waals surface area contributed by atoms with Crippen molar-refractivity contribution in [3.05, 3.63) is 82.0 Å². The zero-order valence-corrected chi connectivity index (χ0v) is 24.4. The molecule has 1 saturated heterocycles. The second kappa shape index (κ2) is 13.9. The minimum Gasteiger partial charge on any atom is -0.550 e. The number of carbonyl (C=O) groups excluding carboxylic acids is 4. The Balaban J connectivity index is 1.70. The largest absolute Gasteiger partial charge is 0.550 e. The topological polar surface area (TPSA) is 156 Å². The number of aliphatic carboxylic acids is 3. The van der Waals surface area contributed by atoms with Crippen LogP contribution in [-0.4, -0.2) is 36.6 Å². The van der Waals surface area contributed by atoms with E-state index in [0.717, 1.165) is 26.4 Å². The van der Waals surface area contributed by atoms with E-state index >= 15 is 0 Å². The first kappa shape index (κ1) is 31.8. The average Bonchev–Trinajstić information content (AvgIpc) is 3.39. The number of carbonyl (C=O) groups is 4. The zero-order valence-electron chi connectivity index (χ0n) is 23.6. The molecule has 0 unspecified atom stereocenters. The van der Waals surface area contributed by atoms with Gasteiger partial charge in [-0.3, -0.25) is 4.79 Å². The van der Waals surface area contributed by atoms with Crippen molar-refractivity contribution >= 4 is 35.2 Å². The summed E-state index contributed by atoms with van der Waals surface area (Å²) in [5.41, 5.74) is 3.30. The van der Waals surface area contributed by atoms with Crippen LogP contribution < -0.4 is 15.3 Å². The maximum Gasteiger partial charge on any atom is 0.302 e. The van der Waals surface area contributed by atoms with Crippen LogP contribution in [0, 0.1) is 30.5 Å². The van der Waals surface area contributed by atoms with Gasteiger partial charge in [-0.15, -0.1) is 11.3 Å². The summed E-state index contributed by atoms with van der Waals surface area (Å²) in [6.45, 7) is 2.74. The summed E-state index contributed by atoms with van der Waals surface area (Å²) in [5.74, 6) is -8.40. The predicted octanol–water partition coefficient (Wildman–Crippen LogP) is 1.73. The number of carboxylic acids is 3. The lowest BCUT2D eigenvalue weighted by Gasteiger charge is -2.48. The van der Waals surface area contributed by atoms with Crippen molar-refractivity contribution in [1.82, 2.24) is 0 Å². The molecule has 3 aromatic rings. The third kappa shape index (κ3) is 8.26. The van der Waals surface area contributed by atoms with Gasteiger partial charge < -0.3 is 39.2 Å². The molecule has 9 nitrogen and oxygen atoms in total. The van der Waals surface area contributed by atoms with Gasteiger partial charge in [-0.2, -0.15) is 0 Å². The number of hydrogen-bond donors (Lipinski definition) is 0. The maximum absolute atomic E-state index is 13.4. The van der Waals surface area contributed by atoms with Gasteiger partial charge in [-0.05, 0) is 90.5 Å². The van der Waals surface area contributed by atoms with E-state index in [2.05, 4.69) is 0 Å². The van der Waals surface area contributed by atoms with Crippen LogP contribution >= 0.6 is 11.3 Å². The highest BCUT2D eigenvalue weighted by Gasteiger charge is 2.46. The van der Waals surface area contributed by atoms with Crippen molar-refractivity contribution in [2.45, 2.75) is 51.7 Å².